The average molecular weight is 288 g/mol. The lowest BCUT2D eigenvalue weighted by Crippen LogP contribution is -2.14. The van der Waals surface area contributed by atoms with Gasteiger partial charge in [0.15, 0.2) is 0 Å². The Labute approximate surface area is 129 Å². The summed E-state index contributed by atoms with van der Waals surface area (Å²) in [6, 6.07) is 18.4. The van der Waals surface area contributed by atoms with Gasteiger partial charge >= 0.3 is 0 Å². The van der Waals surface area contributed by atoms with Gasteiger partial charge in [-0.25, -0.2) is 0 Å². The highest BCUT2D eigenvalue weighted by Crippen LogP contribution is 2.21. The summed E-state index contributed by atoms with van der Waals surface area (Å²) in [5.41, 5.74) is 5.17. The quantitative estimate of drug-likeness (QED) is 0.803. The number of amides is 1. The maximum absolute atomic E-state index is 11.9. The fourth-order valence-corrected chi connectivity index (χ4v) is 3.07. The Morgan fingerprint density at radius 2 is 1.86 bits per heavy atom. The minimum atomic E-state index is 0.0528. The van der Waals surface area contributed by atoms with Crippen LogP contribution in [0.2, 0.25) is 0 Å². The van der Waals surface area contributed by atoms with Crippen LogP contribution < -0.4 is 5.32 Å². The number of carbonyl (C=O) groups excluding carboxylic acids is 1. The summed E-state index contributed by atoms with van der Waals surface area (Å²) in [4.78, 5) is 16.6. The third-order valence-corrected chi connectivity index (χ3v) is 4.21. The van der Waals surface area contributed by atoms with E-state index in [1.807, 2.05) is 36.4 Å². The van der Waals surface area contributed by atoms with E-state index in [-0.39, 0.29) is 5.91 Å². The second-order valence-electron chi connectivity index (χ2n) is 5.63. The van der Waals surface area contributed by atoms with Crippen LogP contribution in [0.15, 0.2) is 54.6 Å². The van der Waals surface area contributed by atoms with E-state index in [0.29, 0.717) is 6.54 Å². The molecule has 2 aromatic carbocycles. The number of hydrogen-bond acceptors (Lipinski definition) is 2. The molecule has 0 spiro atoms. The number of aryl methyl sites for hydroxylation is 2. The summed E-state index contributed by atoms with van der Waals surface area (Å²) in [5.74, 6) is 0.0528. The fraction of sp³-hybridized carbons (Fsp3) is 0.158. The van der Waals surface area contributed by atoms with Gasteiger partial charge in [-0.1, -0.05) is 42.5 Å². The zero-order valence-corrected chi connectivity index (χ0v) is 12.2. The first-order valence-electron chi connectivity index (χ1n) is 7.55. The van der Waals surface area contributed by atoms with Gasteiger partial charge in [0.25, 0.3) is 5.91 Å². The van der Waals surface area contributed by atoms with Gasteiger partial charge in [0.2, 0.25) is 0 Å². The van der Waals surface area contributed by atoms with E-state index in [4.69, 9.17) is 4.98 Å². The van der Waals surface area contributed by atoms with E-state index in [2.05, 4.69) is 23.5 Å². The second-order valence-corrected chi connectivity index (χ2v) is 5.63. The predicted molar refractivity (Wildman–Crippen MR) is 86.8 cm³/mol. The number of nitrogens with zero attached hydrogens (tertiary/aromatic N) is 1. The fourth-order valence-electron chi connectivity index (χ4n) is 3.07. The molecule has 0 fully saturated rings. The van der Waals surface area contributed by atoms with Crippen LogP contribution in [0.5, 0.6) is 0 Å². The van der Waals surface area contributed by atoms with Crippen molar-refractivity contribution >= 4 is 16.8 Å². The van der Waals surface area contributed by atoms with Crippen molar-refractivity contribution < 1.29 is 4.79 Å². The predicted octanol–water partition coefficient (Wildman–Crippen LogP) is 3.26. The Morgan fingerprint density at radius 1 is 0.955 bits per heavy atom. The topological polar surface area (TPSA) is 42.0 Å². The zero-order chi connectivity index (χ0) is 14.9. The van der Waals surface area contributed by atoms with Crippen molar-refractivity contribution in [3.63, 3.8) is 0 Å². The maximum atomic E-state index is 11.9. The third kappa shape index (κ3) is 2.25. The lowest BCUT2D eigenvalue weighted by atomic mass is 9.98. The van der Waals surface area contributed by atoms with E-state index in [0.717, 1.165) is 46.1 Å². The van der Waals surface area contributed by atoms with Crippen molar-refractivity contribution in [3.05, 3.63) is 77.0 Å². The number of aromatic nitrogens is 1. The summed E-state index contributed by atoms with van der Waals surface area (Å²) >= 11 is 0. The highest BCUT2D eigenvalue weighted by atomic mass is 16.1. The lowest BCUT2D eigenvalue weighted by Gasteiger charge is -2.07. The van der Waals surface area contributed by atoms with Crippen LogP contribution in [0.25, 0.3) is 10.9 Å². The number of rotatable bonds is 3. The molecule has 0 unspecified atom stereocenters. The van der Waals surface area contributed by atoms with Crippen LogP contribution in [0.4, 0.5) is 0 Å². The van der Waals surface area contributed by atoms with Crippen molar-refractivity contribution in [2.75, 3.05) is 0 Å². The Hall–Kier alpha value is -2.68. The third-order valence-electron chi connectivity index (χ3n) is 4.21. The Morgan fingerprint density at radius 3 is 2.82 bits per heavy atom. The summed E-state index contributed by atoms with van der Waals surface area (Å²) in [5, 5.41) is 4.05. The molecule has 1 amide bonds. The van der Waals surface area contributed by atoms with E-state index < -0.39 is 0 Å². The lowest BCUT2D eigenvalue weighted by molar-refractivity contribution is 0.0965. The SMILES string of the molecule is O=C1NCc2cccc(CCc3ccc4ccccc4n3)c21. The molecule has 0 bridgehead atoms. The minimum absolute atomic E-state index is 0.0528. The molecule has 3 heteroatoms. The van der Waals surface area contributed by atoms with Crippen LogP contribution in [0.3, 0.4) is 0 Å². The standard InChI is InChI=1S/C19H16N2O/c22-19-18-14(5-3-6-15(18)12-20-19)9-11-16-10-8-13-4-1-2-7-17(13)21-16/h1-8,10H,9,11-12H2,(H,20,22). The van der Waals surface area contributed by atoms with Crippen LogP contribution in [-0.4, -0.2) is 10.9 Å². The number of para-hydroxylation sites is 1. The number of benzene rings is 2. The van der Waals surface area contributed by atoms with Crippen molar-refractivity contribution in [2.24, 2.45) is 0 Å². The van der Waals surface area contributed by atoms with E-state index in [1.54, 1.807) is 0 Å². The summed E-state index contributed by atoms with van der Waals surface area (Å²) in [6.07, 6.45) is 1.68. The highest BCUT2D eigenvalue weighted by Gasteiger charge is 2.21. The first-order chi connectivity index (χ1) is 10.8. The number of fused-ring (bicyclic) bond motifs is 2. The molecule has 0 atom stereocenters. The molecule has 0 aliphatic carbocycles. The van der Waals surface area contributed by atoms with Crippen molar-refractivity contribution in [2.45, 2.75) is 19.4 Å². The Bertz CT molecular complexity index is 870. The van der Waals surface area contributed by atoms with Crippen molar-refractivity contribution in [3.8, 4) is 0 Å². The van der Waals surface area contributed by atoms with Gasteiger partial charge in [-0.15, -0.1) is 0 Å². The normalized spacial score (nSPS) is 13.2. The maximum Gasteiger partial charge on any atom is 0.252 e. The molecule has 0 saturated carbocycles. The van der Waals surface area contributed by atoms with Crippen LogP contribution in [0.1, 0.15) is 27.2 Å². The smallest absolute Gasteiger partial charge is 0.252 e. The Balaban J connectivity index is 1.60. The molecule has 0 radical (unpaired) electrons. The summed E-state index contributed by atoms with van der Waals surface area (Å²) < 4.78 is 0. The Kier molecular flexibility index (Phi) is 3.11. The first kappa shape index (κ1) is 13.0. The number of hydrogen-bond donors (Lipinski definition) is 1. The van der Waals surface area contributed by atoms with Gasteiger partial charge in [0, 0.05) is 23.2 Å². The first-order valence-corrected chi connectivity index (χ1v) is 7.55. The van der Waals surface area contributed by atoms with Crippen molar-refractivity contribution in [1.29, 1.82) is 0 Å². The second kappa shape index (κ2) is 5.26. The monoisotopic (exact) mass is 288 g/mol. The summed E-state index contributed by atoms with van der Waals surface area (Å²) in [6.45, 7) is 0.649. The molecule has 22 heavy (non-hydrogen) atoms. The van der Waals surface area contributed by atoms with Gasteiger partial charge in [-0.3, -0.25) is 9.78 Å². The molecule has 2 heterocycles. The van der Waals surface area contributed by atoms with E-state index in [9.17, 15) is 4.79 Å². The largest absolute Gasteiger partial charge is 0.348 e. The van der Waals surface area contributed by atoms with Gasteiger partial charge in [-0.2, -0.15) is 0 Å². The van der Waals surface area contributed by atoms with Crippen LogP contribution in [0, 0.1) is 0 Å². The molecule has 0 saturated heterocycles. The molecule has 3 aromatic rings. The zero-order valence-electron chi connectivity index (χ0n) is 12.2. The number of nitrogens with one attached hydrogen (secondary N) is 1. The molecule has 1 aliphatic rings. The van der Waals surface area contributed by atoms with E-state index >= 15 is 0 Å². The summed E-state index contributed by atoms with van der Waals surface area (Å²) in [7, 11) is 0. The molecule has 4 rings (SSSR count). The molecule has 108 valence electrons. The number of pyridine rings is 1. The van der Waals surface area contributed by atoms with Gasteiger partial charge in [0.1, 0.15) is 0 Å². The van der Waals surface area contributed by atoms with Gasteiger partial charge in [0.05, 0.1) is 5.52 Å². The molecule has 1 N–H and O–H groups in total. The molecule has 3 nitrogen and oxygen atoms in total. The average Bonchev–Trinajstić information content (AvgIpc) is 2.95. The molecular formula is C19H16N2O. The van der Waals surface area contributed by atoms with Crippen LogP contribution >= 0.6 is 0 Å². The highest BCUT2D eigenvalue weighted by molar-refractivity contribution is 5.99. The van der Waals surface area contributed by atoms with Crippen LogP contribution in [-0.2, 0) is 19.4 Å². The number of carbonyl (C=O) groups is 1. The van der Waals surface area contributed by atoms with Gasteiger partial charge in [-0.05, 0) is 36.1 Å². The molecule has 1 aromatic heterocycles. The van der Waals surface area contributed by atoms with E-state index in [1.165, 1.54) is 0 Å². The van der Waals surface area contributed by atoms with Gasteiger partial charge < -0.3 is 5.32 Å². The van der Waals surface area contributed by atoms with Crippen molar-refractivity contribution in [1.82, 2.24) is 10.3 Å². The molecule has 1 aliphatic heterocycles. The molecular weight excluding hydrogens is 272 g/mol. The minimum Gasteiger partial charge on any atom is -0.348 e.